The van der Waals surface area contributed by atoms with Gasteiger partial charge in [0.2, 0.25) is 0 Å². The molecule has 0 aliphatic carbocycles. The minimum Gasteiger partial charge on any atom is -0.462 e. The van der Waals surface area contributed by atoms with Crippen LogP contribution in [0.2, 0.25) is 0 Å². The molecule has 67 heavy (non-hydrogen) atoms. The van der Waals surface area contributed by atoms with Gasteiger partial charge in [0.25, 0.3) is 0 Å². The van der Waals surface area contributed by atoms with E-state index in [0.29, 0.717) is 6.42 Å². The van der Waals surface area contributed by atoms with E-state index in [0.717, 1.165) is 83.5 Å². The predicted molar refractivity (Wildman–Crippen MR) is 284 cm³/mol. The standard InChI is InChI=1S/C57H102NO8P/c1-3-5-7-9-10-11-12-13-14-15-16-17-18-19-20-21-22-23-24-25-26-27-28-29-30-31-32-33-34-35-36-37-38-39-40-41-42-43-44-46-48-50-57(60)66-55(54-65-67(61,62)64-52-51-58)53-63-56(59)49-47-45-8-6-4-2/h5,7,10-11,13-14,16-17,19-20,22-23,55H,3-4,6,8-9,12,15,18,21,24-54,58H2,1-2H3,(H,61,62)/b7-5-,11-10-,14-13-,17-16-,20-19-,23-22-. The molecule has 10 heteroatoms. The van der Waals surface area contributed by atoms with Gasteiger partial charge in [0.05, 0.1) is 13.2 Å². The van der Waals surface area contributed by atoms with E-state index in [4.69, 9.17) is 24.3 Å². The van der Waals surface area contributed by atoms with Crippen molar-refractivity contribution >= 4 is 19.8 Å². The molecule has 0 heterocycles. The monoisotopic (exact) mass is 960 g/mol. The predicted octanol–water partition coefficient (Wildman–Crippen LogP) is 17.0. The average molecular weight is 960 g/mol. The van der Waals surface area contributed by atoms with Crippen molar-refractivity contribution in [1.29, 1.82) is 0 Å². The molecular weight excluding hydrogens is 858 g/mol. The summed E-state index contributed by atoms with van der Waals surface area (Å²) in [6.45, 7) is 3.53. The second-order valence-electron chi connectivity index (χ2n) is 18.1. The van der Waals surface area contributed by atoms with Crippen LogP contribution < -0.4 is 5.73 Å². The number of rotatable bonds is 51. The molecule has 0 aromatic rings. The van der Waals surface area contributed by atoms with E-state index in [1.54, 1.807) is 0 Å². The van der Waals surface area contributed by atoms with Crippen LogP contribution in [0.25, 0.3) is 0 Å². The van der Waals surface area contributed by atoms with Gasteiger partial charge in [-0.1, -0.05) is 241 Å². The van der Waals surface area contributed by atoms with E-state index in [1.807, 2.05) is 0 Å². The molecule has 0 radical (unpaired) electrons. The maximum absolute atomic E-state index is 12.6. The molecular formula is C57H102NO8P. The van der Waals surface area contributed by atoms with Crippen LogP contribution >= 0.6 is 7.82 Å². The van der Waals surface area contributed by atoms with Crippen LogP contribution in [0, 0.1) is 0 Å². The third kappa shape index (κ3) is 52.7. The molecule has 2 atom stereocenters. The summed E-state index contributed by atoms with van der Waals surface area (Å²) in [4.78, 5) is 34.6. The summed E-state index contributed by atoms with van der Waals surface area (Å²) in [7, 11) is -4.37. The summed E-state index contributed by atoms with van der Waals surface area (Å²) in [5.41, 5.74) is 5.34. The highest BCUT2D eigenvalue weighted by molar-refractivity contribution is 7.47. The number of unbranched alkanes of at least 4 members (excludes halogenated alkanes) is 26. The lowest BCUT2D eigenvalue weighted by molar-refractivity contribution is -0.161. The molecule has 0 aromatic carbocycles. The molecule has 0 amide bonds. The maximum atomic E-state index is 12.6. The molecule has 0 bridgehead atoms. The molecule has 388 valence electrons. The fourth-order valence-corrected chi connectivity index (χ4v) is 8.35. The maximum Gasteiger partial charge on any atom is 0.472 e. The third-order valence-electron chi connectivity index (χ3n) is 11.6. The number of phosphoric ester groups is 1. The summed E-state index contributed by atoms with van der Waals surface area (Å²) in [6, 6.07) is 0. The fourth-order valence-electron chi connectivity index (χ4n) is 7.58. The molecule has 3 N–H and O–H groups in total. The van der Waals surface area contributed by atoms with Gasteiger partial charge in [-0.2, -0.15) is 0 Å². The summed E-state index contributed by atoms with van der Waals surface area (Å²) >= 11 is 0. The Labute approximate surface area is 411 Å². The Hall–Kier alpha value is -2.55. The third-order valence-corrected chi connectivity index (χ3v) is 12.6. The number of hydrogen-bond donors (Lipinski definition) is 2. The van der Waals surface area contributed by atoms with Gasteiger partial charge in [0.1, 0.15) is 6.61 Å². The van der Waals surface area contributed by atoms with Crippen molar-refractivity contribution in [3.8, 4) is 0 Å². The Morgan fingerprint density at radius 3 is 1.22 bits per heavy atom. The number of phosphoric acid groups is 1. The van der Waals surface area contributed by atoms with Crippen LogP contribution in [-0.2, 0) is 32.7 Å². The Bertz CT molecular complexity index is 1320. The quantitative estimate of drug-likeness (QED) is 0.0264. The molecule has 0 spiro atoms. The highest BCUT2D eigenvalue weighted by Gasteiger charge is 2.26. The second kappa shape index (κ2) is 52.8. The van der Waals surface area contributed by atoms with Crippen molar-refractivity contribution in [2.45, 2.75) is 251 Å². The summed E-state index contributed by atoms with van der Waals surface area (Å²) in [5, 5.41) is 0. The first kappa shape index (κ1) is 64.5. The summed E-state index contributed by atoms with van der Waals surface area (Å²) in [6.07, 6.45) is 67.6. The van der Waals surface area contributed by atoms with Crippen molar-refractivity contribution in [1.82, 2.24) is 0 Å². The van der Waals surface area contributed by atoms with Crippen LogP contribution in [-0.4, -0.2) is 49.3 Å². The molecule has 0 saturated heterocycles. The van der Waals surface area contributed by atoms with E-state index in [2.05, 4.69) is 86.8 Å². The first-order valence-corrected chi connectivity index (χ1v) is 28.9. The van der Waals surface area contributed by atoms with E-state index < -0.39 is 32.5 Å². The van der Waals surface area contributed by atoms with E-state index in [-0.39, 0.29) is 32.6 Å². The summed E-state index contributed by atoms with van der Waals surface area (Å²) in [5.74, 6) is -0.836. The lowest BCUT2D eigenvalue weighted by Crippen LogP contribution is -2.29. The topological polar surface area (TPSA) is 134 Å². The normalized spacial score (nSPS) is 13.7. The second-order valence-corrected chi connectivity index (χ2v) is 19.5. The minimum atomic E-state index is -4.37. The Balaban J connectivity index is 3.65. The molecule has 2 unspecified atom stereocenters. The van der Waals surface area contributed by atoms with Crippen LogP contribution in [0.4, 0.5) is 0 Å². The SMILES string of the molecule is CC/C=C\C/C=C\C/C=C\C/C=C\C/C=C\C/C=C\CCCCCCCCCCCCCCCCCCCCCCCCC(=O)OC(COC(=O)CCCCCCC)COP(=O)(O)OCCN. The van der Waals surface area contributed by atoms with Crippen molar-refractivity contribution in [2.24, 2.45) is 5.73 Å². The molecule has 0 aliphatic rings. The van der Waals surface area contributed by atoms with Crippen molar-refractivity contribution in [3.63, 3.8) is 0 Å². The van der Waals surface area contributed by atoms with Crippen LogP contribution in [0.1, 0.15) is 245 Å². The van der Waals surface area contributed by atoms with E-state index in [9.17, 15) is 19.0 Å². The van der Waals surface area contributed by atoms with Crippen molar-refractivity contribution in [2.75, 3.05) is 26.4 Å². The van der Waals surface area contributed by atoms with E-state index >= 15 is 0 Å². The molecule has 0 aromatic heterocycles. The number of hydrogen-bond acceptors (Lipinski definition) is 8. The van der Waals surface area contributed by atoms with Gasteiger partial charge in [0.15, 0.2) is 6.10 Å². The zero-order chi connectivity index (χ0) is 48.8. The fraction of sp³-hybridized carbons (Fsp3) is 0.754. The number of ether oxygens (including phenoxy) is 2. The van der Waals surface area contributed by atoms with Gasteiger partial charge in [-0.15, -0.1) is 0 Å². The molecule has 0 aliphatic heterocycles. The van der Waals surface area contributed by atoms with Crippen LogP contribution in [0.5, 0.6) is 0 Å². The Kier molecular flexibility index (Phi) is 50.8. The van der Waals surface area contributed by atoms with Crippen molar-refractivity contribution in [3.05, 3.63) is 72.9 Å². The first-order valence-electron chi connectivity index (χ1n) is 27.4. The van der Waals surface area contributed by atoms with Gasteiger partial charge in [-0.3, -0.25) is 18.6 Å². The van der Waals surface area contributed by atoms with Gasteiger partial charge in [-0.05, 0) is 64.2 Å². The average Bonchev–Trinajstić information content (AvgIpc) is 3.32. The number of carbonyl (C=O) groups excluding carboxylic acids is 2. The van der Waals surface area contributed by atoms with Gasteiger partial charge in [0, 0.05) is 19.4 Å². The van der Waals surface area contributed by atoms with E-state index in [1.165, 1.54) is 128 Å². The molecule has 0 fully saturated rings. The highest BCUT2D eigenvalue weighted by atomic mass is 31.2. The largest absolute Gasteiger partial charge is 0.472 e. The lowest BCUT2D eigenvalue weighted by atomic mass is 10.0. The number of nitrogens with two attached hydrogens (primary N) is 1. The minimum absolute atomic E-state index is 0.0540. The highest BCUT2D eigenvalue weighted by Crippen LogP contribution is 2.43. The Morgan fingerprint density at radius 1 is 0.463 bits per heavy atom. The molecule has 0 saturated carbocycles. The smallest absolute Gasteiger partial charge is 0.462 e. The zero-order valence-corrected chi connectivity index (χ0v) is 44.0. The lowest BCUT2D eigenvalue weighted by Gasteiger charge is -2.19. The first-order chi connectivity index (χ1) is 32.8. The number of carbonyl (C=O) groups is 2. The van der Waals surface area contributed by atoms with Gasteiger partial charge >= 0.3 is 19.8 Å². The van der Waals surface area contributed by atoms with Crippen LogP contribution in [0.3, 0.4) is 0 Å². The Morgan fingerprint density at radius 2 is 0.821 bits per heavy atom. The van der Waals surface area contributed by atoms with Gasteiger partial charge < -0.3 is 20.1 Å². The summed E-state index contributed by atoms with van der Waals surface area (Å²) < 4.78 is 32.6. The molecule has 9 nitrogen and oxygen atoms in total. The number of allylic oxidation sites excluding steroid dienone is 12. The van der Waals surface area contributed by atoms with Crippen LogP contribution in [0.15, 0.2) is 72.9 Å². The number of esters is 2. The zero-order valence-electron chi connectivity index (χ0n) is 43.1. The van der Waals surface area contributed by atoms with Gasteiger partial charge in [-0.25, -0.2) is 4.57 Å². The van der Waals surface area contributed by atoms with Crippen molar-refractivity contribution < 1.29 is 37.6 Å². The molecule has 0 rings (SSSR count).